The van der Waals surface area contributed by atoms with Crippen LogP contribution in [-0.4, -0.2) is 21.6 Å². The fourth-order valence-corrected chi connectivity index (χ4v) is 2.54. The van der Waals surface area contributed by atoms with Crippen LogP contribution in [0.15, 0.2) is 72.5 Å². The number of hydrazone groups is 1. The number of nitrogens with zero attached hydrogens (tertiary/aromatic N) is 3. The highest BCUT2D eigenvalue weighted by molar-refractivity contribution is 6.31. The van der Waals surface area contributed by atoms with Crippen LogP contribution in [0.4, 0.5) is 11.6 Å². The van der Waals surface area contributed by atoms with Crippen LogP contribution in [0.1, 0.15) is 18.1 Å². The van der Waals surface area contributed by atoms with Crippen molar-refractivity contribution < 1.29 is 9.53 Å². The standard InChI is InChI=1S/C22H20ClN5O2/c1-4-20(29)25-17-6-5-7-18(12-17)30-21-19(23)13-24-22(26-21)28-27-15(3)16-10-8-14(2)9-11-16/h4-13H,1H2,2-3H3,(H,25,29)(H,24,26,28)/b27-15+. The minimum absolute atomic E-state index is 0.157. The third kappa shape index (κ3) is 5.65. The van der Waals surface area contributed by atoms with Crippen LogP contribution in [0, 0.1) is 6.92 Å². The van der Waals surface area contributed by atoms with Crippen molar-refractivity contribution >= 4 is 34.9 Å². The molecule has 1 heterocycles. The van der Waals surface area contributed by atoms with Crippen molar-refractivity contribution in [1.82, 2.24) is 9.97 Å². The first kappa shape index (κ1) is 21.0. The summed E-state index contributed by atoms with van der Waals surface area (Å²) in [6.45, 7) is 7.34. The molecule has 1 amide bonds. The van der Waals surface area contributed by atoms with E-state index in [1.165, 1.54) is 17.8 Å². The molecule has 3 rings (SSSR count). The summed E-state index contributed by atoms with van der Waals surface area (Å²) < 4.78 is 5.76. The van der Waals surface area contributed by atoms with Crippen LogP contribution >= 0.6 is 11.6 Å². The van der Waals surface area contributed by atoms with Gasteiger partial charge in [-0.2, -0.15) is 10.1 Å². The Balaban J connectivity index is 1.74. The Morgan fingerprint density at radius 2 is 2.00 bits per heavy atom. The van der Waals surface area contributed by atoms with Gasteiger partial charge >= 0.3 is 0 Å². The molecule has 0 atom stereocenters. The van der Waals surface area contributed by atoms with Crippen molar-refractivity contribution in [2.24, 2.45) is 5.10 Å². The van der Waals surface area contributed by atoms with Crippen molar-refractivity contribution in [2.75, 3.05) is 10.7 Å². The number of halogens is 1. The number of carbonyl (C=O) groups excluding carboxylic acids is 1. The molecule has 3 aromatic rings. The minimum atomic E-state index is -0.319. The number of rotatable bonds is 7. The molecule has 0 fully saturated rings. The van der Waals surface area contributed by atoms with E-state index in [2.05, 4.69) is 32.4 Å². The molecule has 7 nitrogen and oxygen atoms in total. The Morgan fingerprint density at radius 3 is 2.73 bits per heavy atom. The second-order valence-corrected chi connectivity index (χ2v) is 6.75. The Bertz CT molecular complexity index is 1100. The van der Waals surface area contributed by atoms with Crippen molar-refractivity contribution in [3.8, 4) is 11.6 Å². The van der Waals surface area contributed by atoms with Crippen LogP contribution in [0.5, 0.6) is 11.6 Å². The number of aryl methyl sites for hydroxylation is 1. The van der Waals surface area contributed by atoms with Crippen LogP contribution in [0.2, 0.25) is 5.02 Å². The summed E-state index contributed by atoms with van der Waals surface area (Å²) in [4.78, 5) is 19.8. The molecule has 0 spiro atoms. The molecular weight excluding hydrogens is 402 g/mol. The number of hydrogen-bond donors (Lipinski definition) is 2. The van der Waals surface area contributed by atoms with Gasteiger partial charge in [-0.15, -0.1) is 0 Å². The fraction of sp³-hybridized carbons (Fsp3) is 0.0909. The summed E-state index contributed by atoms with van der Waals surface area (Å²) in [6, 6.07) is 14.8. The van der Waals surface area contributed by atoms with E-state index in [0.717, 1.165) is 11.3 Å². The Kier molecular flexibility index (Phi) is 6.77. The van der Waals surface area contributed by atoms with Crippen molar-refractivity contribution in [1.29, 1.82) is 0 Å². The van der Waals surface area contributed by atoms with Gasteiger partial charge in [0.05, 0.1) is 11.9 Å². The molecule has 152 valence electrons. The van der Waals surface area contributed by atoms with Crippen LogP contribution in [-0.2, 0) is 4.79 Å². The summed E-state index contributed by atoms with van der Waals surface area (Å²) in [7, 11) is 0. The monoisotopic (exact) mass is 421 g/mol. The molecule has 2 aromatic carbocycles. The van der Waals surface area contributed by atoms with E-state index in [-0.39, 0.29) is 22.8 Å². The third-order valence-corrected chi connectivity index (χ3v) is 4.27. The van der Waals surface area contributed by atoms with E-state index in [1.807, 2.05) is 38.1 Å². The lowest BCUT2D eigenvalue weighted by Gasteiger charge is -2.09. The topological polar surface area (TPSA) is 88.5 Å². The van der Waals surface area contributed by atoms with Crippen molar-refractivity contribution in [3.63, 3.8) is 0 Å². The number of ether oxygens (including phenoxy) is 1. The van der Waals surface area contributed by atoms with Gasteiger partial charge in [0, 0.05) is 11.8 Å². The fourth-order valence-electron chi connectivity index (χ4n) is 2.41. The number of benzene rings is 2. The Hall–Kier alpha value is -3.71. The summed E-state index contributed by atoms with van der Waals surface area (Å²) in [5.74, 6) is 0.518. The van der Waals surface area contributed by atoms with Gasteiger partial charge < -0.3 is 10.1 Å². The molecule has 0 saturated carbocycles. The first-order chi connectivity index (χ1) is 14.4. The van der Waals surface area contributed by atoms with Gasteiger partial charge in [0.1, 0.15) is 10.8 Å². The number of anilines is 2. The molecule has 0 saturated heterocycles. The lowest BCUT2D eigenvalue weighted by Crippen LogP contribution is -2.07. The van der Waals surface area contributed by atoms with Crippen molar-refractivity contribution in [2.45, 2.75) is 13.8 Å². The Labute approximate surface area is 179 Å². The quantitative estimate of drug-likeness (QED) is 0.311. The summed E-state index contributed by atoms with van der Waals surface area (Å²) in [6.07, 6.45) is 2.61. The highest BCUT2D eigenvalue weighted by Gasteiger charge is 2.09. The van der Waals surface area contributed by atoms with E-state index >= 15 is 0 Å². The van der Waals surface area contributed by atoms with Gasteiger partial charge in [-0.1, -0.05) is 54.1 Å². The predicted octanol–water partition coefficient (Wildman–Crippen LogP) is 5.19. The first-order valence-corrected chi connectivity index (χ1v) is 9.43. The van der Waals surface area contributed by atoms with Crippen LogP contribution in [0.25, 0.3) is 0 Å². The third-order valence-electron chi connectivity index (χ3n) is 4.01. The van der Waals surface area contributed by atoms with Gasteiger partial charge in [0.25, 0.3) is 0 Å². The Morgan fingerprint density at radius 1 is 1.23 bits per heavy atom. The van der Waals surface area contributed by atoms with Gasteiger partial charge in [-0.05, 0) is 37.6 Å². The SMILES string of the molecule is C=CC(=O)Nc1cccc(Oc2nc(N/N=C(\C)c3ccc(C)cc3)ncc2Cl)c1. The molecule has 1 aromatic heterocycles. The van der Waals surface area contributed by atoms with Gasteiger partial charge in [-0.25, -0.2) is 10.4 Å². The summed E-state index contributed by atoms with van der Waals surface area (Å²) in [5.41, 5.74) is 6.31. The number of carbonyl (C=O) groups is 1. The zero-order chi connectivity index (χ0) is 21.5. The van der Waals surface area contributed by atoms with Crippen LogP contribution < -0.4 is 15.5 Å². The first-order valence-electron chi connectivity index (χ1n) is 9.06. The average molecular weight is 422 g/mol. The molecular formula is C22H20ClN5O2. The maximum atomic E-state index is 11.5. The molecule has 30 heavy (non-hydrogen) atoms. The molecule has 0 aliphatic heterocycles. The molecule has 2 N–H and O–H groups in total. The van der Waals surface area contributed by atoms with E-state index in [1.54, 1.807) is 24.3 Å². The van der Waals surface area contributed by atoms with Crippen molar-refractivity contribution in [3.05, 3.63) is 83.5 Å². The smallest absolute Gasteiger partial charge is 0.247 e. The van der Waals surface area contributed by atoms with E-state index < -0.39 is 0 Å². The highest BCUT2D eigenvalue weighted by atomic mass is 35.5. The summed E-state index contributed by atoms with van der Waals surface area (Å²) >= 11 is 6.17. The predicted molar refractivity (Wildman–Crippen MR) is 119 cm³/mol. The van der Waals surface area contributed by atoms with E-state index in [9.17, 15) is 4.79 Å². The summed E-state index contributed by atoms with van der Waals surface area (Å²) in [5, 5.41) is 7.21. The second-order valence-electron chi connectivity index (χ2n) is 6.35. The van der Waals surface area contributed by atoms with E-state index in [0.29, 0.717) is 11.4 Å². The number of aromatic nitrogens is 2. The zero-order valence-corrected chi connectivity index (χ0v) is 17.3. The second kappa shape index (κ2) is 9.67. The van der Waals surface area contributed by atoms with Crippen LogP contribution in [0.3, 0.4) is 0 Å². The highest BCUT2D eigenvalue weighted by Crippen LogP contribution is 2.29. The molecule has 0 unspecified atom stereocenters. The van der Waals surface area contributed by atoms with Gasteiger partial charge in [0.15, 0.2) is 0 Å². The normalized spacial score (nSPS) is 11.0. The maximum absolute atomic E-state index is 11.5. The number of hydrogen-bond acceptors (Lipinski definition) is 6. The van der Waals surface area contributed by atoms with E-state index in [4.69, 9.17) is 16.3 Å². The lowest BCUT2D eigenvalue weighted by molar-refractivity contribution is -0.111. The molecule has 0 radical (unpaired) electrons. The van der Waals surface area contributed by atoms with Gasteiger partial charge in [0.2, 0.25) is 17.7 Å². The molecule has 0 aliphatic rings. The zero-order valence-electron chi connectivity index (χ0n) is 16.5. The molecule has 8 heteroatoms. The van der Waals surface area contributed by atoms with Gasteiger partial charge in [-0.3, -0.25) is 4.79 Å². The number of nitrogens with one attached hydrogen (secondary N) is 2. The number of amides is 1. The molecule has 0 aliphatic carbocycles. The molecule has 0 bridgehead atoms. The average Bonchev–Trinajstić information content (AvgIpc) is 2.74. The maximum Gasteiger partial charge on any atom is 0.247 e. The minimum Gasteiger partial charge on any atom is -0.437 e. The lowest BCUT2D eigenvalue weighted by atomic mass is 10.1. The largest absolute Gasteiger partial charge is 0.437 e.